The van der Waals surface area contributed by atoms with Crippen LogP contribution in [0.2, 0.25) is 0 Å². The van der Waals surface area contributed by atoms with Crippen molar-refractivity contribution in [2.45, 2.75) is 45.1 Å². The Morgan fingerprint density at radius 2 is 1.96 bits per heavy atom. The predicted octanol–water partition coefficient (Wildman–Crippen LogP) is 3.35. The van der Waals surface area contributed by atoms with Crippen LogP contribution in [0.15, 0.2) is 35.3 Å². The van der Waals surface area contributed by atoms with Gasteiger partial charge in [-0.05, 0) is 37.2 Å². The summed E-state index contributed by atoms with van der Waals surface area (Å²) in [5.74, 6) is 0.531. The monoisotopic (exact) mass is 431 g/mol. The van der Waals surface area contributed by atoms with E-state index in [1.165, 1.54) is 31.2 Å². The van der Waals surface area contributed by atoms with Crippen LogP contribution in [-0.4, -0.2) is 32.3 Å². The number of nitrogens with zero attached hydrogens (tertiary/aromatic N) is 1. The van der Waals surface area contributed by atoms with Crippen LogP contribution in [0.4, 0.5) is 0 Å². The molecule has 4 nitrogen and oxygen atoms in total. The Bertz CT molecular complexity index is 472. The van der Waals surface area contributed by atoms with Gasteiger partial charge in [-0.25, -0.2) is 0 Å². The number of methoxy groups -OCH3 is 1. The molecule has 0 radical (unpaired) electrons. The molecule has 23 heavy (non-hydrogen) atoms. The fourth-order valence-corrected chi connectivity index (χ4v) is 3.39. The van der Waals surface area contributed by atoms with E-state index in [0.29, 0.717) is 12.6 Å². The van der Waals surface area contributed by atoms with Crippen molar-refractivity contribution in [3.05, 3.63) is 35.9 Å². The molecule has 1 aliphatic carbocycles. The third kappa shape index (κ3) is 6.67. The second-order valence-corrected chi connectivity index (χ2v) is 6.57. The summed E-state index contributed by atoms with van der Waals surface area (Å²) < 4.78 is 5.11. The summed E-state index contributed by atoms with van der Waals surface area (Å²) in [4.78, 5) is 4.62. The Hall–Kier alpha value is -0.820. The van der Waals surface area contributed by atoms with Crippen LogP contribution in [0.5, 0.6) is 0 Å². The van der Waals surface area contributed by atoms with E-state index in [1.807, 2.05) is 6.92 Å². The second kappa shape index (κ2) is 10.1. The predicted molar refractivity (Wildman–Crippen MR) is 107 cm³/mol. The van der Waals surface area contributed by atoms with E-state index >= 15 is 0 Å². The largest absolute Gasteiger partial charge is 0.383 e. The number of nitrogens with two attached hydrogens (primary N) is 1. The standard InChI is InChI=1S/C18H29N3O.HI/c1-15(13-22-2)21-17(19)20-14-18(10-6-7-11-18)12-16-8-4-3-5-9-16;/h3-5,8-9,15H,6-7,10-14H2,1-2H3,(H3,19,20,21);1H. The number of hydrogen-bond acceptors (Lipinski definition) is 2. The molecule has 5 heteroatoms. The Kier molecular flexibility index (Phi) is 8.91. The van der Waals surface area contributed by atoms with E-state index in [9.17, 15) is 0 Å². The van der Waals surface area contributed by atoms with Crippen molar-refractivity contribution in [1.29, 1.82) is 0 Å². The van der Waals surface area contributed by atoms with Gasteiger partial charge in [-0.3, -0.25) is 4.99 Å². The van der Waals surface area contributed by atoms with Gasteiger partial charge >= 0.3 is 0 Å². The number of nitrogens with one attached hydrogen (secondary N) is 1. The summed E-state index contributed by atoms with van der Waals surface area (Å²) in [5, 5.41) is 3.19. The summed E-state index contributed by atoms with van der Waals surface area (Å²) in [6.45, 7) is 3.48. The van der Waals surface area contributed by atoms with Crippen molar-refractivity contribution in [2.24, 2.45) is 16.1 Å². The molecule has 1 saturated carbocycles. The highest BCUT2D eigenvalue weighted by Gasteiger charge is 2.33. The maximum absolute atomic E-state index is 6.02. The first kappa shape index (κ1) is 20.2. The fraction of sp³-hybridized carbons (Fsp3) is 0.611. The molecule has 0 saturated heterocycles. The van der Waals surface area contributed by atoms with Gasteiger partial charge in [0.15, 0.2) is 5.96 Å². The maximum atomic E-state index is 6.02. The molecule has 1 aliphatic rings. The zero-order valence-corrected chi connectivity index (χ0v) is 16.6. The van der Waals surface area contributed by atoms with Crippen LogP contribution < -0.4 is 11.1 Å². The maximum Gasteiger partial charge on any atom is 0.188 e. The molecular weight excluding hydrogens is 401 g/mol. The third-order valence-corrected chi connectivity index (χ3v) is 4.48. The average Bonchev–Trinajstić information content (AvgIpc) is 2.95. The first-order chi connectivity index (χ1) is 10.6. The van der Waals surface area contributed by atoms with Crippen LogP contribution in [-0.2, 0) is 11.2 Å². The zero-order valence-electron chi connectivity index (χ0n) is 14.3. The van der Waals surface area contributed by atoms with E-state index < -0.39 is 0 Å². The molecule has 0 spiro atoms. The summed E-state index contributed by atoms with van der Waals surface area (Å²) in [6.07, 6.45) is 6.18. The summed E-state index contributed by atoms with van der Waals surface area (Å²) in [6, 6.07) is 10.9. The lowest BCUT2D eigenvalue weighted by molar-refractivity contribution is 0.179. The van der Waals surface area contributed by atoms with Crippen molar-refractivity contribution in [3.8, 4) is 0 Å². The van der Waals surface area contributed by atoms with Crippen LogP contribution in [0.3, 0.4) is 0 Å². The minimum absolute atomic E-state index is 0. The lowest BCUT2D eigenvalue weighted by Crippen LogP contribution is -2.41. The summed E-state index contributed by atoms with van der Waals surface area (Å²) in [7, 11) is 1.69. The van der Waals surface area contributed by atoms with Gasteiger partial charge in [0, 0.05) is 19.7 Å². The zero-order chi connectivity index (χ0) is 15.8. The lowest BCUT2D eigenvalue weighted by atomic mass is 9.80. The molecule has 1 unspecified atom stereocenters. The number of rotatable bonds is 7. The molecule has 1 aromatic carbocycles. The van der Waals surface area contributed by atoms with Gasteiger partial charge in [0.25, 0.3) is 0 Å². The average molecular weight is 431 g/mol. The van der Waals surface area contributed by atoms with Gasteiger partial charge < -0.3 is 15.8 Å². The van der Waals surface area contributed by atoms with Crippen molar-refractivity contribution in [2.75, 3.05) is 20.3 Å². The van der Waals surface area contributed by atoms with Crippen LogP contribution in [0.1, 0.15) is 38.2 Å². The molecule has 1 fully saturated rings. The van der Waals surface area contributed by atoms with Gasteiger partial charge in [0.1, 0.15) is 0 Å². The van der Waals surface area contributed by atoms with Gasteiger partial charge in [0.05, 0.1) is 6.61 Å². The highest BCUT2D eigenvalue weighted by molar-refractivity contribution is 14.0. The molecule has 0 heterocycles. The molecule has 0 aromatic heterocycles. The Balaban J connectivity index is 0.00000264. The second-order valence-electron chi connectivity index (χ2n) is 6.57. The minimum Gasteiger partial charge on any atom is -0.383 e. The molecular formula is C18H30IN3O. The number of benzene rings is 1. The number of hydrogen-bond donors (Lipinski definition) is 2. The number of halogens is 1. The lowest BCUT2D eigenvalue weighted by Gasteiger charge is -2.27. The number of guanidine groups is 1. The Labute approximate surface area is 157 Å². The van der Waals surface area contributed by atoms with E-state index in [0.717, 1.165) is 13.0 Å². The van der Waals surface area contributed by atoms with E-state index in [4.69, 9.17) is 10.5 Å². The highest BCUT2D eigenvalue weighted by atomic mass is 127. The van der Waals surface area contributed by atoms with Crippen molar-refractivity contribution in [3.63, 3.8) is 0 Å². The summed E-state index contributed by atoms with van der Waals surface area (Å²) >= 11 is 0. The Morgan fingerprint density at radius 3 is 2.57 bits per heavy atom. The Morgan fingerprint density at radius 1 is 1.30 bits per heavy atom. The third-order valence-electron chi connectivity index (χ3n) is 4.48. The topological polar surface area (TPSA) is 59.6 Å². The normalized spacial score (nSPS) is 18.3. The molecule has 0 bridgehead atoms. The smallest absolute Gasteiger partial charge is 0.188 e. The van der Waals surface area contributed by atoms with Crippen LogP contribution >= 0.6 is 24.0 Å². The number of ether oxygens (including phenoxy) is 1. The quantitative estimate of drug-likeness (QED) is 0.396. The molecule has 3 N–H and O–H groups in total. The van der Waals surface area contributed by atoms with Gasteiger partial charge in [-0.1, -0.05) is 43.2 Å². The molecule has 1 aromatic rings. The van der Waals surface area contributed by atoms with Gasteiger partial charge in [0.2, 0.25) is 0 Å². The SMILES string of the molecule is COCC(C)NC(N)=NCC1(Cc2ccccc2)CCCC1.I. The van der Waals surface area contributed by atoms with Gasteiger partial charge in [-0.15, -0.1) is 24.0 Å². The minimum atomic E-state index is 0. The fourth-order valence-electron chi connectivity index (χ4n) is 3.39. The van der Waals surface area contributed by atoms with Crippen LogP contribution in [0.25, 0.3) is 0 Å². The van der Waals surface area contributed by atoms with Crippen molar-refractivity contribution < 1.29 is 4.74 Å². The summed E-state index contributed by atoms with van der Waals surface area (Å²) in [5.41, 5.74) is 7.70. The van der Waals surface area contributed by atoms with Gasteiger partial charge in [-0.2, -0.15) is 0 Å². The van der Waals surface area contributed by atoms with E-state index in [2.05, 4.69) is 40.6 Å². The first-order valence-corrected chi connectivity index (χ1v) is 8.23. The molecule has 1 atom stereocenters. The van der Waals surface area contributed by atoms with E-state index in [1.54, 1.807) is 7.11 Å². The molecule has 130 valence electrons. The van der Waals surface area contributed by atoms with Crippen LogP contribution in [0, 0.1) is 5.41 Å². The molecule has 2 rings (SSSR count). The first-order valence-electron chi connectivity index (χ1n) is 8.23. The van der Waals surface area contributed by atoms with Crippen molar-refractivity contribution >= 4 is 29.9 Å². The molecule has 0 aliphatic heterocycles. The molecule has 0 amide bonds. The highest BCUT2D eigenvalue weighted by Crippen LogP contribution is 2.41. The van der Waals surface area contributed by atoms with Crippen molar-refractivity contribution in [1.82, 2.24) is 5.32 Å². The number of aliphatic imine (C=N–C) groups is 1. The van der Waals surface area contributed by atoms with E-state index in [-0.39, 0.29) is 35.4 Å².